The topological polar surface area (TPSA) is 115 Å². The van der Waals surface area contributed by atoms with E-state index >= 15 is 0 Å². The molecule has 10 nitrogen and oxygen atoms in total. The highest BCUT2D eigenvalue weighted by atomic mass is 16.5. The molecule has 0 saturated carbocycles. The first-order chi connectivity index (χ1) is 17.5. The van der Waals surface area contributed by atoms with Crippen LogP contribution in [0.25, 0.3) is 11.0 Å². The third-order valence-electron chi connectivity index (χ3n) is 6.29. The summed E-state index contributed by atoms with van der Waals surface area (Å²) in [6.07, 6.45) is 3.29. The molecular formula is C26H26N6O4. The summed E-state index contributed by atoms with van der Waals surface area (Å²) in [7, 11) is 1.61. The molecule has 0 spiro atoms. The largest absolute Gasteiger partial charge is 0.497 e. The number of aliphatic hydroxyl groups is 1. The van der Waals surface area contributed by atoms with Gasteiger partial charge in [0.15, 0.2) is 5.65 Å². The van der Waals surface area contributed by atoms with E-state index in [0.717, 1.165) is 28.2 Å². The Morgan fingerprint density at radius 1 is 1.14 bits per heavy atom. The van der Waals surface area contributed by atoms with E-state index < -0.39 is 0 Å². The molecule has 10 heteroatoms. The van der Waals surface area contributed by atoms with E-state index in [4.69, 9.17) is 9.84 Å². The van der Waals surface area contributed by atoms with E-state index in [2.05, 4.69) is 10.1 Å². The lowest BCUT2D eigenvalue weighted by Gasteiger charge is -2.22. The van der Waals surface area contributed by atoms with Gasteiger partial charge >= 0.3 is 0 Å². The van der Waals surface area contributed by atoms with Crippen LogP contribution in [0.15, 0.2) is 71.0 Å². The second-order valence-electron chi connectivity index (χ2n) is 8.65. The van der Waals surface area contributed by atoms with Crippen LogP contribution >= 0.6 is 0 Å². The summed E-state index contributed by atoms with van der Waals surface area (Å²) in [5, 5.41) is 19.7. The molecule has 0 radical (unpaired) electrons. The zero-order chi connectivity index (χ0) is 25.2. The van der Waals surface area contributed by atoms with E-state index in [1.165, 1.54) is 26.8 Å². The Morgan fingerprint density at radius 3 is 2.58 bits per heavy atom. The van der Waals surface area contributed by atoms with Gasteiger partial charge in [0.25, 0.3) is 11.5 Å². The molecular weight excluding hydrogens is 460 g/mol. The number of nitrogens with zero attached hydrogens (tertiary/aromatic N) is 6. The Morgan fingerprint density at radius 2 is 1.89 bits per heavy atom. The Labute approximate surface area is 207 Å². The number of hydrogen-bond acceptors (Lipinski definition) is 7. The number of methoxy groups -OCH3 is 1. The average molecular weight is 487 g/mol. The van der Waals surface area contributed by atoms with Crippen molar-refractivity contribution in [3.05, 3.63) is 88.1 Å². The Hall–Kier alpha value is -4.31. The molecule has 4 aromatic rings. The van der Waals surface area contributed by atoms with Gasteiger partial charge in [0.2, 0.25) is 0 Å². The second kappa shape index (κ2) is 9.74. The van der Waals surface area contributed by atoms with E-state index in [1.807, 2.05) is 55.5 Å². The molecule has 0 bridgehead atoms. The molecule has 1 atom stereocenters. The molecule has 184 valence electrons. The number of hydrazone groups is 1. The quantitative estimate of drug-likeness (QED) is 0.429. The van der Waals surface area contributed by atoms with E-state index in [9.17, 15) is 14.7 Å². The molecule has 5 rings (SSSR count). The van der Waals surface area contributed by atoms with Gasteiger partial charge in [-0.2, -0.15) is 10.2 Å². The van der Waals surface area contributed by atoms with Gasteiger partial charge in [-0.05, 0) is 42.3 Å². The van der Waals surface area contributed by atoms with Gasteiger partial charge in [-0.25, -0.2) is 14.7 Å². The molecule has 1 N–H and O–H groups in total. The number of fused-ring (bicyclic) bond motifs is 1. The standard InChI is InChI=1S/C26H26N6O4/c1-17-3-5-19(6-4-17)23-13-22(18-7-9-20(36-2)10-8-18)29-32(23)24(34)15-30-16-27-25-21(26(30)35)14-28-31(25)11-12-33/h3-10,14,16,23,33H,11-13,15H2,1-2H3/t23-/m0/s1. The number of benzene rings is 2. The predicted octanol–water partition coefficient (Wildman–Crippen LogP) is 2.28. The summed E-state index contributed by atoms with van der Waals surface area (Å²) >= 11 is 0. The molecule has 1 amide bonds. The third-order valence-corrected chi connectivity index (χ3v) is 6.29. The highest BCUT2D eigenvalue weighted by molar-refractivity contribution is 6.03. The highest BCUT2D eigenvalue weighted by Crippen LogP contribution is 2.33. The number of amides is 1. The van der Waals surface area contributed by atoms with Gasteiger partial charge in [-0.1, -0.05) is 29.8 Å². The minimum Gasteiger partial charge on any atom is -0.497 e. The molecule has 36 heavy (non-hydrogen) atoms. The predicted molar refractivity (Wildman–Crippen MR) is 134 cm³/mol. The lowest BCUT2D eigenvalue weighted by molar-refractivity contribution is -0.133. The summed E-state index contributed by atoms with van der Waals surface area (Å²) in [5.41, 5.74) is 3.77. The van der Waals surface area contributed by atoms with E-state index in [0.29, 0.717) is 12.1 Å². The first-order valence-electron chi connectivity index (χ1n) is 11.6. The number of carbonyl (C=O) groups is 1. The molecule has 1 aliphatic rings. The molecule has 0 aliphatic carbocycles. The molecule has 2 aromatic heterocycles. The maximum absolute atomic E-state index is 13.5. The van der Waals surface area contributed by atoms with Crippen LogP contribution < -0.4 is 10.3 Å². The van der Waals surface area contributed by atoms with Crippen molar-refractivity contribution in [3.63, 3.8) is 0 Å². The van der Waals surface area contributed by atoms with Crippen molar-refractivity contribution in [3.8, 4) is 5.75 Å². The number of aliphatic hydroxyl groups excluding tert-OH is 1. The number of hydrogen-bond donors (Lipinski definition) is 1. The fraction of sp³-hybridized carbons (Fsp3) is 0.269. The van der Waals surface area contributed by atoms with Crippen LogP contribution in [0.5, 0.6) is 5.75 Å². The summed E-state index contributed by atoms with van der Waals surface area (Å²) in [5.74, 6) is 0.417. The summed E-state index contributed by atoms with van der Waals surface area (Å²) in [6.45, 7) is 1.91. The van der Waals surface area contributed by atoms with Gasteiger partial charge in [-0.15, -0.1) is 0 Å². The van der Waals surface area contributed by atoms with Crippen LogP contribution in [-0.2, 0) is 17.9 Å². The van der Waals surface area contributed by atoms with Crippen molar-refractivity contribution < 1.29 is 14.6 Å². The molecule has 2 aromatic carbocycles. The van der Waals surface area contributed by atoms with Crippen molar-refractivity contribution in [2.24, 2.45) is 5.10 Å². The molecule has 0 saturated heterocycles. The maximum Gasteiger partial charge on any atom is 0.264 e. The average Bonchev–Trinajstić information content (AvgIpc) is 3.52. The molecule has 3 heterocycles. The molecule has 1 aliphatic heterocycles. The number of aromatic nitrogens is 4. The summed E-state index contributed by atoms with van der Waals surface area (Å²) in [4.78, 5) is 30.8. The van der Waals surface area contributed by atoms with Crippen LogP contribution in [-0.4, -0.2) is 54.8 Å². The van der Waals surface area contributed by atoms with Crippen molar-refractivity contribution in [1.29, 1.82) is 0 Å². The number of aryl methyl sites for hydroxylation is 1. The third kappa shape index (κ3) is 4.38. The smallest absolute Gasteiger partial charge is 0.264 e. The van der Waals surface area contributed by atoms with Gasteiger partial charge in [0.1, 0.15) is 24.0 Å². The highest BCUT2D eigenvalue weighted by Gasteiger charge is 2.33. The fourth-order valence-corrected chi connectivity index (χ4v) is 4.33. The second-order valence-corrected chi connectivity index (χ2v) is 8.65. The summed E-state index contributed by atoms with van der Waals surface area (Å²) in [6, 6.07) is 15.3. The zero-order valence-corrected chi connectivity index (χ0v) is 20.0. The van der Waals surface area contributed by atoms with Crippen LogP contribution in [0, 0.1) is 6.92 Å². The normalized spacial score (nSPS) is 15.4. The van der Waals surface area contributed by atoms with Crippen LogP contribution in [0.1, 0.15) is 29.2 Å². The van der Waals surface area contributed by atoms with E-state index in [-0.39, 0.29) is 42.6 Å². The molecule has 0 fully saturated rings. The van der Waals surface area contributed by atoms with Crippen molar-refractivity contribution in [1.82, 2.24) is 24.3 Å². The number of carbonyl (C=O) groups excluding carboxylic acids is 1. The van der Waals surface area contributed by atoms with Crippen LogP contribution in [0.4, 0.5) is 0 Å². The number of ether oxygens (including phenoxy) is 1. The fourth-order valence-electron chi connectivity index (χ4n) is 4.33. The first kappa shape index (κ1) is 23.4. The van der Waals surface area contributed by atoms with Crippen LogP contribution in [0.3, 0.4) is 0 Å². The zero-order valence-electron chi connectivity index (χ0n) is 20.0. The van der Waals surface area contributed by atoms with Gasteiger partial charge in [0, 0.05) is 6.42 Å². The Bertz CT molecular complexity index is 1490. The minimum absolute atomic E-state index is 0.121. The Balaban J connectivity index is 1.46. The van der Waals surface area contributed by atoms with Gasteiger partial charge in [-0.3, -0.25) is 14.2 Å². The maximum atomic E-state index is 13.5. The summed E-state index contributed by atoms with van der Waals surface area (Å²) < 4.78 is 7.98. The lowest BCUT2D eigenvalue weighted by Crippen LogP contribution is -2.34. The SMILES string of the molecule is COc1ccc(C2=NN(C(=O)Cn3cnc4c(cnn4CCO)c3=O)[C@H](c3ccc(C)cc3)C2)cc1. The van der Waals surface area contributed by atoms with E-state index in [1.54, 1.807) is 7.11 Å². The number of rotatable bonds is 7. The lowest BCUT2D eigenvalue weighted by atomic mass is 9.97. The van der Waals surface area contributed by atoms with Crippen molar-refractivity contribution in [2.75, 3.05) is 13.7 Å². The van der Waals surface area contributed by atoms with Crippen molar-refractivity contribution in [2.45, 2.75) is 32.5 Å². The van der Waals surface area contributed by atoms with Crippen molar-refractivity contribution >= 4 is 22.7 Å². The monoisotopic (exact) mass is 486 g/mol. The molecule has 0 unspecified atom stereocenters. The first-order valence-corrected chi connectivity index (χ1v) is 11.6. The van der Waals surface area contributed by atoms with Gasteiger partial charge in [0.05, 0.1) is 38.2 Å². The minimum atomic E-state index is -0.372. The van der Waals surface area contributed by atoms with Crippen LogP contribution in [0.2, 0.25) is 0 Å². The van der Waals surface area contributed by atoms with Gasteiger partial charge < -0.3 is 9.84 Å². The Kier molecular flexibility index (Phi) is 6.34.